The second-order valence-electron chi connectivity index (χ2n) is 4.24. The van der Waals surface area contributed by atoms with Crippen molar-refractivity contribution in [2.75, 3.05) is 5.32 Å². The van der Waals surface area contributed by atoms with Crippen molar-refractivity contribution >= 4 is 75.3 Å². The number of thiocarbonyl (C=S) groups is 1. The minimum Gasteiger partial charge on any atom is -0.331 e. The minimum absolute atomic E-state index is 0.0477. The fourth-order valence-corrected chi connectivity index (χ4v) is 2.69. The molecule has 0 bridgehead atoms. The second kappa shape index (κ2) is 7.64. The number of benzene rings is 2. The summed E-state index contributed by atoms with van der Waals surface area (Å²) in [6.07, 6.45) is 0. The van der Waals surface area contributed by atoms with Crippen molar-refractivity contribution in [1.82, 2.24) is 5.32 Å². The average Bonchev–Trinajstić information content (AvgIpc) is 2.50. The Balaban J connectivity index is 2.15. The molecule has 23 heavy (non-hydrogen) atoms. The third kappa shape index (κ3) is 4.25. The summed E-state index contributed by atoms with van der Waals surface area (Å²) in [4.78, 5) is 12.0. The fourth-order valence-electron chi connectivity index (χ4n) is 1.63. The van der Waals surface area contributed by atoms with Gasteiger partial charge in [0.05, 0.1) is 31.3 Å². The summed E-state index contributed by atoms with van der Waals surface area (Å²) in [6, 6.07) is 6.90. The third-order valence-electron chi connectivity index (χ3n) is 2.70. The molecule has 9 heteroatoms. The molecule has 1 amide bonds. The van der Waals surface area contributed by atoms with Crippen LogP contribution in [0.5, 0.6) is 0 Å². The average molecular weight is 412 g/mol. The van der Waals surface area contributed by atoms with Gasteiger partial charge in [-0.1, -0.05) is 58.5 Å². The van der Waals surface area contributed by atoms with Crippen LogP contribution in [0.2, 0.25) is 20.1 Å². The number of carbonyl (C=O) groups is 1. The molecule has 2 aromatic rings. The smallest absolute Gasteiger partial charge is 0.260 e. The summed E-state index contributed by atoms with van der Waals surface area (Å²) in [6.45, 7) is 0. The summed E-state index contributed by atoms with van der Waals surface area (Å²) in [7, 11) is 0. The van der Waals surface area contributed by atoms with Gasteiger partial charge in [-0.2, -0.15) is 0 Å². The highest BCUT2D eigenvalue weighted by Gasteiger charge is 2.16. The first kappa shape index (κ1) is 18.2. The number of rotatable bonds is 2. The van der Waals surface area contributed by atoms with Gasteiger partial charge in [0.15, 0.2) is 5.11 Å². The Morgan fingerprint density at radius 3 is 2.35 bits per heavy atom. The summed E-state index contributed by atoms with van der Waals surface area (Å²) >= 11 is 28.7. The predicted molar refractivity (Wildman–Crippen MR) is 96.6 cm³/mol. The normalized spacial score (nSPS) is 10.3. The van der Waals surface area contributed by atoms with E-state index in [4.69, 9.17) is 58.6 Å². The lowest BCUT2D eigenvalue weighted by molar-refractivity contribution is 0.0974. The highest BCUT2D eigenvalue weighted by Crippen LogP contribution is 2.40. The Morgan fingerprint density at radius 1 is 1.04 bits per heavy atom. The molecule has 0 aromatic heterocycles. The molecule has 2 N–H and O–H groups in total. The highest BCUT2D eigenvalue weighted by molar-refractivity contribution is 7.80. The molecular formula is C14H7Cl4FN2OS. The molecule has 0 fully saturated rings. The van der Waals surface area contributed by atoms with Crippen molar-refractivity contribution in [2.45, 2.75) is 0 Å². The predicted octanol–water partition coefficient (Wildman–Crippen LogP) is 5.57. The van der Waals surface area contributed by atoms with Gasteiger partial charge in [-0.05, 0) is 30.4 Å². The zero-order chi connectivity index (χ0) is 17.1. The molecule has 0 saturated heterocycles. The van der Waals surface area contributed by atoms with E-state index in [2.05, 4.69) is 10.6 Å². The lowest BCUT2D eigenvalue weighted by atomic mass is 10.2. The van der Waals surface area contributed by atoms with Gasteiger partial charge < -0.3 is 5.32 Å². The van der Waals surface area contributed by atoms with Gasteiger partial charge in [0.2, 0.25) is 0 Å². The molecule has 2 rings (SSSR count). The molecular weight excluding hydrogens is 405 g/mol. The molecule has 120 valence electrons. The van der Waals surface area contributed by atoms with Crippen molar-refractivity contribution < 1.29 is 9.18 Å². The van der Waals surface area contributed by atoms with E-state index in [9.17, 15) is 9.18 Å². The van der Waals surface area contributed by atoms with Crippen LogP contribution in [0.4, 0.5) is 10.1 Å². The molecule has 0 aliphatic heterocycles. The van der Waals surface area contributed by atoms with Crippen molar-refractivity contribution in [1.29, 1.82) is 0 Å². The van der Waals surface area contributed by atoms with Gasteiger partial charge in [-0.25, -0.2) is 4.39 Å². The van der Waals surface area contributed by atoms with Crippen molar-refractivity contribution in [3.8, 4) is 0 Å². The van der Waals surface area contributed by atoms with Gasteiger partial charge >= 0.3 is 0 Å². The summed E-state index contributed by atoms with van der Waals surface area (Å²) < 4.78 is 13.5. The van der Waals surface area contributed by atoms with E-state index >= 15 is 0 Å². The third-order valence-corrected chi connectivity index (χ3v) is 4.65. The molecule has 0 aliphatic rings. The van der Waals surface area contributed by atoms with E-state index in [1.807, 2.05) is 0 Å². The van der Waals surface area contributed by atoms with Gasteiger partial charge in [0.1, 0.15) is 5.82 Å². The number of hydrogen-bond donors (Lipinski definition) is 2. The summed E-state index contributed by atoms with van der Waals surface area (Å²) in [5, 5.41) is 5.28. The number of anilines is 1. The Morgan fingerprint density at radius 2 is 1.70 bits per heavy atom. The quantitative estimate of drug-likeness (QED) is 0.385. The van der Waals surface area contributed by atoms with Crippen molar-refractivity contribution in [3.63, 3.8) is 0 Å². The van der Waals surface area contributed by atoms with Crippen LogP contribution in [0.15, 0.2) is 30.3 Å². The summed E-state index contributed by atoms with van der Waals surface area (Å²) in [5.74, 6) is -1.37. The maximum Gasteiger partial charge on any atom is 0.260 e. The monoisotopic (exact) mass is 410 g/mol. The zero-order valence-corrected chi connectivity index (χ0v) is 14.9. The first-order chi connectivity index (χ1) is 10.8. The number of hydrogen-bond acceptors (Lipinski definition) is 2. The maximum atomic E-state index is 13.5. The maximum absolute atomic E-state index is 13.5. The standard InChI is InChI=1S/C14H7Cl4FN2OS/c15-7-5-9(11(17)12(18)10(7)16)20-14(23)21-13(22)6-3-1-2-4-8(6)19/h1-5H,(H2,20,21,22,23). The molecule has 2 aromatic carbocycles. The number of carbonyl (C=O) groups excluding carboxylic acids is 1. The van der Waals surface area contributed by atoms with Crippen LogP contribution in [0.25, 0.3) is 0 Å². The molecule has 0 radical (unpaired) electrons. The Hall–Kier alpha value is -1.11. The number of nitrogens with one attached hydrogen (secondary N) is 2. The van der Waals surface area contributed by atoms with E-state index in [1.54, 1.807) is 0 Å². The molecule has 0 saturated carbocycles. The van der Waals surface area contributed by atoms with Crippen molar-refractivity contribution in [2.24, 2.45) is 0 Å². The van der Waals surface area contributed by atoms with E-state index in [-0.39, 0.29) is 36.5 Å². The van der Waals surface area contributed by atoms with Crippen LogP contribution in [0.3, 0.4) is 0 Å². The SMILES string of the molecule is O=C(NC(=S)Nc1cc(Cl)c(Cl)c(Cl)c1Cl)c1ccccc1F. The zero-order valence-electron chi connectivity index (χ0n) is 11.1. The van der Waals surface area contributed by atoms with Gasteiger partial charge in [-0.15, -0.1) is 0 Å². The van der Waals surface area contributed by atoms with Crippen LogP contribution in [-0.4, -0.2) is 11.0 Å². The first-order valence-corrected chi connectivity index (χ1v) is 7.93. The first-order valence-electron chi connectivity index (χ1n) is 6.01. The van der Waals surface area contributed by atoms with E-state index in [0.717, 1.165) is 0 Å². The Bertz CT molecular complexity index is 801. The highest BCUT2D eigenvalue weighted by atomic mass is 35.5. The number of halogens is 5. The fraction of sp³-hybridized carbons (Fsp3) is 0. The lowest BCUT2D eigenvalue weighted by Gasteiger charge is -2.13. The van der Waals surface area contributed by atoms with E-state index < -0.39 is 11.7 Å². The van der Waals surface area contributed by atoms with E-state index in [1.165, 1.54) is 30.3 Å². The lowest BCUT2D eigenvalue weighted by Crippen LogP contribution is -2.34. The van der Waals surface area contributed by atoms with Crippen molar-refractivity contribution in [3.05, 3.63) is 61.8 Å². The molecule has 0 heterocycles. The van der Waals surface area contributed by atoms with Gasteiger partial charge in [-0.3, -0.25) is 10.1 Å². The van der Waals surface area contributed by atoms with Crippen LogP contribution in [0, 0.1) is 5.82 Å². The molecule has 3 nitrogen and oxygen atoms in total. The minimum atomic E-state index is -0.706. The van der Waals surface area contributed by atoms with Crippen LogP contribution in [0.1, 0.15) is 10.4 Å². The van der Waals surface area contributed by atoms with Crippen LogP contribution < -0.4 is 10.6 Å². The molecule has 0 aliphatic carbocycles. The van der Waals surface area contributed by atoms with Crippen LogP contribution in [-0.2, 0) is 0 Å². The topological polar surface area (TPSA) is 41.1 Å². The van der Waals surface area contributed by atoms with Gasteiger partial charge in [0.25, 0.3) is 5.91 Å². The molecule has 0 unspecified atom stereocenters. The Kier molecular flexibility index (Phi) is 6.06. The summed E-state index contributed by atoms with van der Waals surface area (Å²) in [5.41, 5.74) is 0.111. The largest absolute Gasteiger partial charge is 0.331 e. The van der Waals surface area contributed by atoms with Gasteiger partial charge in [0, 0.05) is 0 Å². The van der Waals surface area contributed by atoms with Crippen LogP contribution >= 0.6 is 58.6 Å². The van der Waals surface area contributed by atoms with E-state index in [0.29, 0.717) is 0 Å². The molecule has 0 spiro atoms. The second-order valence-corrected chi connectivity index (χ2v) is 6.19. The Labute approximate surface area is 156 Å². The molecule has 0 atom stereocenters. The number of amides is 1.